The average molecular weight is 345 g/mol. The number of nitrogens with zero attached hydrogens (tertiary/aromatic N) is 1. The van der Waals surface area contributed by atoms with Gasteiger partial charge in [-0.1, -0.05) is 12.5 Å². The summed E-state index contributed by atoms with van der Waals surface area (Å²) in [7, 11) is 0. The number of hydrogen-bond donors (Lipinski definition) is 2. The first-order chi connectivity index (χ1) is 12.2. The number of likely N-dealkylation sites (tertiary alicyclic amines) is 1. The van der Waals surface area contributed by atoms with E-state index in [1.165, 1.54) is 6.42 Å². The third-order valence-corrected chi connectivity index (χ3v) is 4.74. The van der Waals surface area contributed by atoms with Gasteiger partial charge in [0.05, 0.1) is 12.6 Å². The highest BCUT2D eigenvalue weighted by atomic mass is 16.5. The number of amides is 2. The number of hydrogen-bond acceptors (Lipinski definition) is 4. The highest BCUT2D eigenvalue weighted by molar-refractivity contribution is 5.97. The molecule has 0 aromatic heterocycles. The number of rotatable bonds is 6. The number of nitrogens with one attached hydrogen (secondary N) is 2. The quantitative estimate of drug-likeness (QED) is 0.827. The molecule has 2 N–H and O–H groups in total. The predicted molar refractivity (Wildman–Crippen MR) is 96.7 cm³/mol. The van der Waals surface area contributed by atoms with Crippen molar-refractivity contribution >= 4 is 17.5 Å². The maximum absolute atomic E-state index is 12.3. The molecule has 136 valence electrons. The summed E-state index contributed by atoms with van der Waals surface area (Å²) in [5, 5.41) is 5.80. The molecule has 1 aromatic rings. The molecule has 2 amide bonds. The second-order valence-electron chi connectivity index (χ2n) is 6.81. The topological polar surface area (TPSA) is 70.7 Å². The van der Waals surface area contributed by atoms with Gasteiger partial charge in [-0.2, -0.15) is 0 Å². The Kier molecular flexibility index (Phi) is 6.42. The molecule has 2 aliphatic heterocycles. The van der Waals surface area contributed by atoms with E-state index in [1.54, 1.807) is 18.2 Å². The minimum atomic E-state index is -0.136. The van der Waals surface area contributed by atoms with Gasteiger partial charge in [0.1, 0.15) is 0 Å². The smallest absolute Gasteiger partial charge is 0.251 e. The molecule has 0 bridgehead atoms. The summed E-state index contributed by atoms with van der Waals surface area (Å²) in [6.45, 7) is 3.69. The molecule has 1 unspecified atom stereocenters. The van der Waals surface area contributed by atoms with Crippen LogP contribution >= 0.6 is 0 Å². The fourth-order valence-electron chi connectivity index (χ4n) is 3.37. The van der Waals surface area contributed by atoms with Crippen molar-refractivity contribution in [1.82, 2.24) is 10.2 Å². The van der Waals surface area contributed by atoms with Crippen molar-refractivity contribution in [2.24, 2.45) is 0 Å². The van der Waals surface area contributed by atoms with Crippen molar-refractivity contribution < 1.29 is 14.3 Å². The number of piperidine rings is 1. The largest absolute Gasteiger partial charge is 0.376 e. The van der Waals surface area contributed by atoms with E-state index >= 15 is 0 Å². The Morgan fingerprint density at radius 3 is 2.76 bits per heavy atom. The summed E-state index contributed by atoms with van der Waals surface area (Å²) in [6, 6.07) is 7.08. The molecule has 3 rings (SSSR count). The van der Waals surface area contributed by atoms with Gasteiger partial charge in [0, 0.05) is 24.4 Å². The molecule has 2 fully saturated rings. The summed E-state index contributed by atoms with van der Waals surface area (Å²) >= 11 is 0. The lowest BCUT2D eigenvalue weighted by Crippen LogP contribution is -2.36. The van der Waals surface area contributed by atoms with Crippen LogP contribution < -0.4 is 10.6 Å². The molecular formula is C19H27N3O3. The zero-order valence-corrected chi connectivity index (χ0v) is 14.6. The summed E-state index contributed by atoms with van der Waals surface area (Å²) in [4.78, 5) is 26.6. The summed E-state index contributed by atoms with van der Waals surface area (Å²) in [5.41, 5.74) is 1.21. The van der Waals surface area contributed by atoms with Crippen molar-refractivity contribution in [3.8, 4) is 0 Å². The minimum absolute atomic E-state index is 0.0289. The van der Waals surface area contributed by atoms with Gasteiger partial charge >= 0.3 is 0 Å². The minimum Gasteiger partial charge on any atom is -0.376 e. The molecule has 6 heteroatoms. The summed E-state index contributed by atoms with van der Waals surface area (Å²) < 4.78 is 5.51. The molecular weight excluding hydrogens is 318 g/mol. The maximum Gasteiger partial charge on any atom is 0.251 e. The van der Waals surface area contributed by atoms with E-state index in [4.69, 9.17) is 4.74 Å². The van der Waals surface area contributed by atoms with Crippen LogP contribution in [0, 0.1) is 0 Å². The highest BCUT2D eigenvalue weighted by Gasteiger charge is 2.17. The normalized spacial score (nSPS) is 21.0. The van der Waals surface area contributed by atoms with Gasteiger partial charge in [0.15, 0.2) is 0 Å². The summed E-state index contributed by atoms with van der Waals surface area (Å²) in [6.07, 6.45) is 5.74. The lowest BCUT2D eigenvalue weighted by molar-refractivity contribution is -0.117. The van der Waals surface area contributed by atoms with Crippen molar-refractivity contribution in [2.45, 2.75) is 38.2 Å². The number of carbonyl (C=O) groups excluding carboxylic acids is 2. The van der Waals surface area contributed by atoms with Crippen molar-refractivity contribution in [3.05, 3.63) is 29.8 Å². The van der Waals surface area contributed by atoms with Crippen LogP contribution in [0.25, 0.3) is 0 Å². The van der Waals surface area contributed by atoms with Gasteiger partial charge < -0.3 is 15.4 Å². The number of ether oxygens (including phenoxy) is 1. The molecule has 2 aliphatic rings. The maximum atomic E-state index is 12.3. The van der Waals surface area contributed by atoms with Gasteiger partial charge in [0.2, 0.25) is 5.91 Å². The van der Waals surface area contributed by atoms with E-state index in [1.807, 2.05) is 6.07 Å². The van der Waals surface area contributed by atoms with Crippen LogP contribution in [0.1, 0.15) is 42.5 Å². The molecule has 0 saturated carbocycles. The van der Waals surface area contributed by atoms with Crippen LogP contribution in [0.15, 0.2) is 24.3 Å². The Bertz CT molecular complexity index is 593. The monoisotopic (exact) mass is 345 g/mol. The lowest BCUT2D eigenvalue weighted by Gasteiger charge is -2.25. The second kappa shape index (κ2) is 8.97. The predicted octanol–water partition coefficient (Wildman–Crippen LogP) is 2.02. The fourth-order valence-corrected chi connectivity index (χ4v) is 3.37. The Labute approximate surface area is 148 Å². The van der Waals surface area contributed by atoms with Crippen LogP contribution in [-0.2, 0) is 9.53 Å². The van der Waals surface area contributed by atoms with Crippen molar-refractivity contribution in [2.75, 3.05) is 38.1 Å². The van der Waals surface area contributed by atoms with E-state index in [0.717, 1.165) is 45.4 Å². The van der Waals surface area contributed by atoms with Gasteiger partial charge in [-0.25, -0.2) is 0 Å². The van der Waals surface area contributed by atoms with Crippen LogP contribution in [0.5, 0.6) is 0 Å². The van der Waals surface area contributed by atoms with Crippen LogP contribution in [0.4, 0.5) is 5.69 Å². The van der Waals surface area contributed by atoms with Crippen LogP contribution in [0.2, 0.25) is 0 Å². The average Bonchev–Trinajstić information content (AvgIpc) is 3.14. The van der Waals surface area contributed by atoms with Crippen molar-refractivity contribution in [1.29, 1.82) is 0 Å². The van der Waals surface area contributed by atoms with Gasteiger partial charge in [0.25, 0.3) is 5.91 Å². The fraction of sp³-hybridized carbons (Fsp3) is 0.579. The first-order valence-corrected chi connectivity index (χ1v) is 9.23. The molecule has 0 spiro atoms. The molecule has 25 heavy (non-hydrogen) atoms. The van der Waals surface area contributed by atoms with E-state index in [0.29, 0.717) is 24.3 Å². The van der Waals surface area contributed by atoms with E-state index in [-0.39, 0.29) is 17.9 Å². The zero-order chi connectivity index (χ0) is 17.5. The Morgan fingerprint density at radius 2 is 2.00 bits per heavy atom. The second-order valence-corrected chi connectivity index (χ2v) is 6.81. The van der Waals surface area contributed by atoms with Crippen LogP contribution in [-0.4, -0.2) is 55.6 Å². The lowest BCUT2D eigenvalue weighted by atomic mass is 10.1. The first kappa shape index (κ1) is 17.9. The molecule has 1 aromatic carbocycles. The molecule has 2 saturated heterocycles. The third kappa shape index (κ3) is 5.54. The Balaban J connectivity index is 1.49. The third-order valence-electron chi connectivity index (χ3n) is 4.74. The SMILES string of the molecule is O=C(CN1CCCCC1)Nc1cccc(C(=O)NCC2CCCO2)c1. The van der Waals surface area contributed by atoms with E-state index < -0.39 is 0 Å². The first-order valence-electron chi connectivity index (χ1n) is 9.23. The number of benzene rings is 1. The molecule has 0 aliphatic carbocycles. The molecule has 2 heterocycles. The van der Waals surface area contributed by atoms with Gasteiger partial charge in [-0.05, 0) is 57.0 Å². The number of carbonyl (C=O) groups is 2. The molecule has 0 radical (unpaired) electrons. The molecule has 1 atom stereocenters. The van der Waals surface area contributed by atoms with Gasteiger partial charge in [-0.15, -0.1) is 0 Å². The van der Waals surface area contributed by atoms with E-state index in [9.17, 15) is 9.59 Å². The Hall–Kier alpha value is -1.92. The Morgan fingerprint density at radius 1 is 1.16 bits per heavy atom. The van der Waals surface area contributed by atoms with E-state index in [2.05, 4.69) is 15.5 Å². The van der Waals surface area contributed by atoms with Crippen molar-refractivity contribution in [3.63, 3.8) is 0 Å². The number of anilines is 1. The highest BCUT2D eigenvalue weighted by Crippen LogP contribution is 2.14. The summed E-state index contributed by atoms with van der Waals surface area (Å²) in [5.74, 6) is -0.165. The standard InChI is InChI=1S/C19H27N3O3/c23-18(14-22-9-2-1-3-10-22)21-16-7-4-6-15(12-16)19(24)20-13-17-8-5-11-25-17/h4,6-7,12,17H,1-3,5,8-11,13-14H2,(H,20,24)(H,21,23). The van der Waals surface area contributed by atoms with Gasteiger partial charge in [-0.3, -0.25) is 14.5 Å². The molecule has 6 nitrogen and oxygen atoms in total. The zero-order valence-electron chi connectivity index (χ0n) is 14.6. The van der Waals surface area contributed by atoms with Crippen LogP contribution in [0.3, 0.4) is 0 Å².